The minimum atomic E-state index is -1.98. The average Bonchev–Trinajstić information content (AvgIpc) is 3.83. The second-order valence-corrected chi connectivity index (χ2v) is 12.7. The molecule has 2 amide bonds. The van der Waals surface area contributed by atoms with Gasteiger partial charge in [-0.25, -0.2) is 14.2 Å². The molecule has 46 heavy (non-hydrogen) atoms. The maximum absolute atomic E-state index is 15.3. The minimum absolute atomic E-state index is 0.00788. The van der Waals surface area contributed by atoms with E-state index in [4.69, 9.17) is 20.2 Å². The number of fused-ring (bicyclic) bond motifs is 5. The quantitative estimate of drug-likeness (QED) is 0.194. The molecule has 2 aliphatic carbocycles. The molecule has 0 radical (unpaired) electrons. The van der Waals surface area contributed by atoms with Crippen LogP contribution in [0.1, 0.15) is 72.0 Å². The third-order valence-corrected chi connectivity index (χ3v) is 10.2. The number of cyclic esters (lactones) is 1. The second kappa shape index (κ2) is 11.0. The van der Waals surface area contributed by atoms with Gasteiger partial charge in [0.15, 0.2) is 5.60 Å². The molecule has 1 aromatic carbocycles. The normalized spacial score (nSPS) is 21.7. The van der Waals surface area contributed by atoms with Gasteiger partial charge in [0.2, 0.25) is 5.91 Å². The summed E-state index contributed by atoms with van der Waals surface area (Å²) in [4.78, 5) is 58.8. The number of halogens is 1. The van der Waals surface area contributed by atoms with Crippen LogP contribution in [0.15, 0.2) is 16.9 Å². The Balaban J connectivity index is 1.36. The summed E-state index contributed by atoms with van der Waals surface area (Å²) in [7, 11) is 1.72. The van der Waals surface area contributed by atoms with Gasteiger partial charge in [-0.05, 0) is 67.7 Å². The first-order valence-corrected chi connectivity index (χ1v) is 15.7. The van der Waals surface area contributed by atoms with Crippen LogP contribution in [-0.2, 0) is 49.0 Å². The summed E-state index contributed by atoms with van der Waals surface area (Å²) in [6.45, 7) is 2.94. The number of nitrogens with zero attached hydrogens (tertiary/aromatic N) is 3. The summed E-state index contributed by atoms with van der Waals surface area (Å²) in [6, 6.07) is 2.57. The number of carbonyl (C=O) groups is 3. The van der Waals surface area contributed by atoms with Crippen LogP contribution in [0.25, 0.3) is 22.3 Å². The zero-order valence-electron chi connectivity index (χ0n) is 25.9. The van der Waals surface area contributed by atoms with E-state index < -0.39 is 35.1 Å². The molecular weight excluding hydrogens is 597 g/mol. The highest BCUT2D eigenvalue weighted by molar-refractivity contribution is 5.94. The number of aryl methyl sites for hydroxylation is 1. The number of amides is 2. The molecule has 3 atom stereocenters. The molecule has 7 rings (SSSR count). The van der Waals surface area contributed by atoms with Gasteiger partial charge in [0, 0.05) is 29.6 Å². The van der Waals surface area contributed by atoms with Gasteiger partial charge in [0.1, 0.15) is 25.3 Å². The molecule has 4 heterocycles. The third kappa shape index (κ3) is 4.47. The van der Waals surface area contributed by atoms with E-state index in [-0.39, 0.29) is 61.7 Å². The molecule has 2 aromatic heterocycles. The van der Waals surface area contributed by atoms with Gasteiger partial charge in [-0.2, -0.15) is 0 Å². The number of pyridine rings is 2. The summed E-state index contributed by atoms with van der Waals surface area (Å²) in [6.07, 6.45) is 1.92. The number of aromatic nitrogens is 2. The predicted molar refractivity (Wildman–Crippen MR) is 163 cm³/mol. The first-order chi connectivity index (χ1) is 22.0. The van der Waals surface area contributed by atoms with Crippen LogP contribution >= 0.6 is 0 Å². The van der Waals surface area contributed by atoms with E-state index in [9.17, 15) is 24.3 Å². The van der Waals surface area contributed by atoms with Crippen molar-refractivity contribution in [3.63, 3.8) is 0 Å². The highest BCUT2D eigenvalue weighted by Crippen LogP contribution is 2.48. The maximum Gasteiger partial charge on any atom is 0.343 e. The molecule has 0 bridgehead atoms. The first kappa shape index (κ1) is 30.5. The number of aliphatic hydroxyl groups is 1. The SMILES string of the molecule is CC[C@@]1(O)C(=O)OCc2c1cc1n(c2=O)Cc2c-1nc1cc(F)c(C)c3c1c2[C@@H](N(C)C(=O)C(OCNC(=O)CN)C1CC1)CC3. The minimum Gasteiger partial charge on any atom is -0.458 e. The molecule has 1 saturated carbocycles. The van der Waals surface area contributed by atoms with Crippen LogP contribution in [0.5, 0.6) is 0 Å². The molecule has 0 saturated heterocycles. The second-order valence-electron chi connectivity index (χ2n) is 12.7. The van der Waals surface area contributed by atoms with E-state index in [1.807, 2.05) is 0 Å². The molecule has 1 fully saturated rings. The van der Waals surface area contributed by atoms with Crippen molar-refractivity contribution in [1.29, 1.82) is 0 Å². The van der Waals surface area contributed by atoms with Gasteiger partial charge in [-0.15, -0.1) is 0 Å². The largest absolute Gasteiger partial charge is 0.458 e. The van der Waals surface area contributed by atoms with Gasteiger partial charge >= 0.3 is 5.97 Å². The lowest BCUT2D eigenvalue weighted by Crippen LogP contribution is -2.44. The number of hydrogen-bond donors (Lipinski definition) is 3. The van der Waals surface area contributed by atoms with Crippen molar-refractivity contribution in [3.05, 3.63) is 61.7 Å². The smallest absolute Gasteiger partial charge is 0.343 e. The molecular formula is C33H36FN5O7. The molecule has 13 heteroatoms. The van der Waals surface area contributed by atoms with Crippen molar-refractivity contribution in [1.82, 2.24) is 19.8 Å². The van der Waals surface area contributed by atoms with Crippen molar-refractivity contribution in [2.45, 2.75) is 76.9 Å². The van der Waals surface area contributed by atoms with Crippen molar-refractivity contribution in [2.24, 2.45) is 11.7 Å². The van der Waals surface area contributed by atoms with E-state index in [1.165, 1.54) is 6.07 Å². The number of carbonyl (C=O) groups excluding carboxylic acids is 3. The van der Waals surface area contributed by atoms with Crippen molar-refractivity contribution < 1.29 is 33.4 Å². The lowest BCUT2D eigenvalue weighted by Gasteiger charge is -2.36. The third-order valence-electron chi connectivity index (χ3n) is 10.2. The maximum atomic E-state index is 15.3. The highest BCUT2D eigenvalue weighted by Gasteiger charge is 2.47. The molecule has 4 aliphatic rings. The number of hydrogen-bond acceptors (Lipinski definition) is 9. The number of nitrogens with two attached hydrogens (primary N) is 1. The Labute approximate surface area is 263 Å². The van der Waals surface area contributed by atoms with Crippen LogP contribution in [0.3, 0.4) is 0 Å². The number of rotatable bonds is 8. The van der Waals surface area contributed by atoms with Crippen molar-refractivity contribution >= 4 is 28.7 Å². The Kier molecular flexibility index (Phi) is 7.25. The Hall–Kier alpha value is -4.20. The number of ether oxygens (including phenoxy) is 2. The number of benzene rings is 1. The fourth-order valence-corrected chi connectivity index (χ4v) is 7.36. The van der Waals surface area contributed by atoms with Crippen molar-refractivity contribution in [3.8, 4) is 11.4 Å². The Morgan fingerprint density at radius 2 is 2.02 bits per heavy atom. The summed E-state index contributed by atoms with van der Waals surface area (Å²) in [5.74, 6) is -1.81. The van der Waals surface area contributed by atoms with Crippen LogP contribution in [0, 0.1) is 18.7 Å². The highest BCUT2D eigenvalue weighted by atomic mass is 19.1. The van der Waals surface area contributed by atoms with E-state index >= 15 is 4.39 Å². The van der Waals surface area contributed by atoms with E-state index in [1.54, 1.807) is 36.4 Å². The molecule has 2 aliphatic heterocycles. The number of esters is 1. The topological polar surface area (TPSA) is 166 Å². The predicted octanol–water partition coefficient (Wildman–Crippen LogP) is 1.80. The standard InChI is InChI=1S/C33H36FN5O7/c1-4-33(44)20-9-24-28-18(12-39(24)30(41)19(20)13-45-32(33)43)27-23(8-7-17-15(2)21(34)10-22(37-28)26(17)27)38(3)31(42)29(16-5-6-16)46-14-36-25(40)11-35/h9-10,16,23,29,44H,4-8,11-14,35H2,1-3H3,(H,36,40)/t23-,29?,33-/m0/s1. The van der Waals surface area contributed by atoms with Gasteiger partial charge in [-0.1, -0.05) is 6.92 Å². The van der Waals surface area contributed by atoms with Crippen LogP contribution in [0.2, 0.25) is 0 Å². The van der Waals surface area contributed by atoms with Crippen LogP contribution in [0.4, 0.5) is 4.39 Å². The van der Waals surface area contributed by atoms with Crippen LogP contribution in [-0.4, -0.2) is 63.8 Å². The lowest BCUT2D eigenvalue weighted by molar-refractivity contribution is -0.172. The lowest BCUT2D eigenvalue weighted by atomic mass is 9.81. The molecule has 4 N–H and O–H groups in total. The monoisotopic (exact) mass is 633 g/mol. The average molecular weight is 634 g/mol. The molecule has 3 aromatic rings. The van der Waals surface area contributed by atoms with E-state index in [0.717, 1.165) is 34.9 Å². The fraction of sp³-hybridized carbons (Fsp3) is 0.485. The summed E-state index contributed by atoms with van der Waals surface area (Å²) in [5, 5.41) is 14.6. The summed E-state index contributed by atoms with van der Waals surface area (Å²) >= 11 is 0. The van der Waals surface area contributed by atoms with Crippen LogP contribution < -0.4 is 16.6 Å². The summed E-state index contributed by atoms with van der Waals surface area (Å²) < 4.78 is 27.9. The van der Waals surface area contributed by atoms with Gasteiger partial charge in [0.05, 0.1) is 41.6 Å². The Morgan fingerprint density at radius 1 is 1.26 bits per heavy atom. The first-order valence-electron chi connectivity index (χ1n) is 15.7. The summed E-state index contributed by atoms with van der Waals surface area (Å²) in [5.41, 5.74) is 7.52. The van der Waals surface area contributed by atoms with Gasteiger partial charge in [0.25, 0.3) is 11.5 Å². The molecule has 1 unspecified atom stereocenters. The Bertz CT molecular complexity index is 1900. The zero-order chi connectivity index (χ0) is 32.7. The van der Waals surface area contributed by atoms with E-state index in [0.29, 0.717) is 35.3 Å². The molecule has 0 spiro atoms. The Morgan fingerprint density at radius 3 is 2.72 bits per heavy atom. The van der Waals surface area contributed by atoms with Gasteiger partial charge < -0.3 is 35.1 Å². The van der Waals surface area contributed by atoms with E-state index in [2.05, 4.69) is 5.32 Å². The zero-order valence-corrected chi connectivity index (χ0v) is 25.9. The number of nitrogens with one attached hydrogen (secondary N) is 1. The molecule has 12 nitrogen and oxygen atoms in total. The molecule has 242 valence electrons. The fourth-order valence-electron chi connectivity index (χ4n) is 7.36. The number of likely N-dealkylation sites (N-methyl/N-ethyl adjacent to an activating group) is 1. The van der Waals surface area contributed by atoms with Gasteiger partial charge in [-0.3, -0.25) is 14.4 Å². The van der Waals surface area contributed by atoms with Crippen molar-refractivity contribution in [2.75, 3.05) is 20.3 Å².